The predicted molar refractivity (Wildman–Crippen MR) is 461 cm³/mol. The van der Waals surface area contributed by atoms with Gasteiger partial charge in [0.05, 0.1) is 0 Å². The molecule has 10 heterocycles. The van der Waals surface area contributed by atoms with E-state index in [1.54, 1.807) is 0 Å². The minimum Gasteiger partial charge on any atom is -0.376 e. The molecule has 0 amide bonds. The van der Waals surface area contributed by atoms with Gasteiger partial charge in [-0.05, 0) is 211 Å². The van der Waals surface area contributed by atoms with Gasteiger partial charge >= 0.3 is 34.4 Å². The molecule has 0 bridgehead atoms. The van der Waals surface area contributed by atoms with Gasteiger partial charge in [0.2, 0.25) is 0 Å². The topological polar surface area (TPSA) is 25.9 Å². The van der Waals surface area contributed by atoms with Gasteiger partial charge in [-0.25, -0.2) is 0 Å². The molecular formula is C96H61B5N8. The summed E-state index contributed by atoms with van der Waals surface area (Å²) >= 11 is 0. The number of hydrogen-bond donors (Lipinski definition) is 0. The SMILES string of the molecule is c1ccc(N2B3c4ccccc4N4c5ccccc5B5c6c(cc(c3c64)-c3ccccc32)-c2ccccc2N5c2ccccc2)cc1.c1ccc(N2B3c4ccccc4N4c5ccccc5B5c6c7c8c(c3c64)-c3c2cccc3N(c2ccccc2)B8N(c2ccccc2)c2cccc(c2-7)N5c2ccccc2)cc1. The van der Waals surface area contributed by atoms with Crippen LogP contribution in [-0.2, 0) is 0 Å². The van der Waals surface area contributed by atoms with Crippen molar-refractivity contribution in [3.05, 3.63) is 370 Å². The fourth-order valence-electron chi connectivity index (χ4n) is 21.1. The summed E-state index contributed by atoms with van der Waals surface area (Å²) in [6, 6.07) is 137. The molecule has 0 N–H and O–H groups in total. The Morgan fingerprint density at radius 2 is 0.404 bits per heavy atom. The van der Waals surface area contributed by atoms with Crippen LogP contribution in [0.4, 0.5) is 102 Å². The highest BCUT2D eigenvalue weighted by atomic mass is 15.3. The van der Waals surface area contributed by atoms with Gasteiger partial charge in [0.1, 0.15) is 0 Å². The average Bonchev–Trinajstić information content (AvgIpc) is 0.652. The maximum atomic E-state index is 2.65. The maximum absolute atomic E-state index is 2.65. The zero-order chi connectivity index (χ0) is 70.8. The minimum absolute atomic E-state index is 0.0170. The third kappa shape index (κ3) is 7.82. The summed E-state index contributed by atoms with van der Waals surface area (Å²) in [7, 11) is 0. The van der Waals surface area contributed by atoms with Crippen LogP contribution < -0.4 is 87.8 Å². The Morgan fingerprint density at radius 1 is 0.165 bits per heavy atom. The second-order valence-electron chi connectivity index (χ2n) is 30.0. The summed E-state index contributed by atoms with van der Waals surface area (Å²) in [5.41, 5.74) is 44.9. The van der Waals surface area contributed by atoms with Crippen LogP contribution in [0.1, 0.15) is 0 Å². The molecule has 8 nitrogen and oxygen atoms in total. The van der Waals surface area contributed by atoms with Crippen LogP contribution in [0.5, 0.6) is 0 Å². The van der Waals surface area contributed by atoms with Crippen molar-refractivity contribution >= 4 is 186 Å². The normalized spacial score (nSPS) is 14.6. The summed E-state index contributed by atoms with van der Waals surface area (Å²) in [5.74, 6) is 0. The molecule has 13 heteroatoms. The van der Waals surface area contributed by atoms with Crippen molar-refractivity contribution in [2.75, 3.05) is 38.7 Å². The van der Waals surface area contributed by atoms with Crippen LogP contribution in [-0.4, -0.2) is 34.4 Å². The van der Waals surface area contributed by atoms with E-state index in [2.05, 4.69) is 409 Å². The number of nitrogens with zero attached hydrogens (tertiary/aromatic N) is 8. The summed E-state index contributed by atoms with van der Waals surface area (Å²) in [6.07, 6.45) is 0. The molecule has 0 unspecified atom stereocenters. The zero-order valence-electron chi connectivity index (χ0n) is 59.2. The minimum atomic E-state index is -0.188. The Balaban J connectivity index is 0.000000130. The van der Waals surface area contributed by atoms with Crippen molar-refractivity contribution < 1.29 is 0 Å². The van der Waals surface area contributed by atoms with Crippen molar-refractivity contribution in [2.45, 2.75) is 0 Å². The molecule has 0 fully saturated rings. The van der Waals surface area contributed by atoms with E-state index >= 15 is 0 Å². The van der Waals surface area contributed by atoms with Gasteiger partial charge in [-0.2, -0.15) is 0 Å². The van der Waals surface area contributed by atoms with Crippen LogP contribution >= 0.6 is 0 Å². The number of hydrogen-bond acceptors (Lipinski definition) is 8. The molecule has 0 aromatic heterocycles. The highest BCUT2D eigenvalue weighted by molar-refractivity contribution is 7.02. The van der Waals surface area contributed by atoms with Gasteiger partial charge < -0.3 is 38.7 Å². The smallest absolute Gasteiger partial charge is 0.376 e. The molecule has 26 rings (SSSR count). The number of rotatable bonds is 6. The Morgan fingerprint density at radius 3 is 0.734 bits per heavy atom. The maximum Gasteiger partial charge on any atom is 0.421 e. The monoisotopic (exact) mass is 1380 g/mol. The van der Waals surface area contributed by atoms with E-state index < -0.39 is 0 Å². The zero-order valence-corrected chi connectivity index (χ0v) is 59.2. The molecule has 0 atom stereocenters. The van der Waals surface area contributed by atoms with Crippen molar-refractivity contribution in [3.63, 3.8) is 0 Å². The van der Waals surface area contributed by atoms with Gasteiger partial charge in [-0.15, -0.1) is 0 Å². The first kappa shape index (κ1) is 59.5. The largest absolute Gasteiger partial charge is 0.421 e. The molecule has 0 aliphatic carbocycles. The number of benzene rings is 16. The third-order valence-corrected chi connectivity index (χ3v) is 24.9. The highest BCUT2D eigenvalue weighted by Crippen LogP contribution is 2.60. The lowest BCUT2D eigenvalue weighted by atomic mass is 9.34. The molecule has 0 saturated carbocycles. The standard InChI is InChI=1S/C54H34B3N5.C42H27B2N3/c1-5-19-35(20-6-1)59-43-31-17-33-45-47(43)49-51-50-48-44(32-18-34-46(48)62(38-25-11-4-12-26-38)57(51)61(45)37-23-9-3-10-24-37)60(36-21-7-2-8-22-36)56-40-28-14-16-30-42(40)58-41-29-15-13-27-39(41)55(59)52(49)54(58)53(50)56;1-3-15-28(16-4-1)46-36-23-11-7-19-30(36)32-27-33-31-20-8-12-24-37(31)47(29-17-5-2-6-18-29)44-35-22-10-14-26-39(35)45-38-25-13-9-21-34(38)43(46)40(32)42(45)41(33)44/h1-34H;1-27H. The van der Waals surface area contributed by atoms with Gasteiger partial charge in [0.15, 0.2) is 0 Å². The van der Waals surface area contributed by atoms with E-state index in [-0.39, 0.29) is 34.4 Å². The highest BCUT2D eigenvalue weighted by Gasteiger charge is 2.61. The molecule has 0 radical (unpaired) electrons. The second-order valence-corrected chi connectivity index (χ2v) is 30.0. The van der Waals surface area contributed by atoms with E-state index in [1.807, 2.05) is 0 Å². The average molecular weight is 1380 g/mol. The molecular weight excluding hydrogens is 1320 g/mol. The molecule has 109 heavy (non-hydrogen) atoms. The predicted octanol–water partition coefficient (Wildman–Crippen LogP) is 17.3. The van der Waals surface area contributed by atoms with E-state index in [0.29, 0.717) is 0 Å². The van der Waals surface area contributed by atoms with Crippen LogP contribution in [0.2, 0.25) is 0 Å². The fraction of sp³-hybridized carbons (Fsp3) is 0. The van der Waals surface area contributed by atoms with Gasteiger partial charge in [-0.3, -0.25) is 0 Å². The molecule has 0 spiro atoms. The summed E-state index contributed by atoms with van der Waals surface area (Å²) in [6.45, 7) is -0.315. The van der Waals surface area contributed by atoms with Crippen molar-refractivity contribution in [1.29, 1.82) is 0 Å². The van der Waals surface area contributed by atoms with Crippen LogP contribution in [0.15, 0.2) is 370 Å². The van der Waals surface area contributed by atoms with E-state index in [0.717, 1.165) is 0 Å². The van der Waals surface area contributed by atoms with E-state index in [9.17, 15) is 0 Å². The van der Waals surface area contributed by atoms with Gasteiger partial charge in [-0.1, -0.05) is 231 Å². The molecule has 16 aromatic rings. The molecule has 10 aliphatic heterocycles. The Bertz CT molecular complexity index is 6170. The van der Waals surface area contributed by atoms with Gasteiger partial charge in [0, 0.05) is 125 Å². The fourth-order valence-corrected chi connectivity index (χ4v) is 21.1. The molecule has 10 aliphatic rings. The first-order valence-corrected chi connectivity index (χ1v) is 38.2. The van der Waals surface area contributed by atoms with Crippen LogP contribution in [0, 0.1) is 0 Å². The number of para-hydroxylation sites is 12. The lowest BCUT2D eigenvalue weighted by Gasteiger charge is -2.57. The first-order valence-electron chi connectivity index (χ1n) is 38.2. The third-order valence-electron chi connectivity index (χ3n) is 24.9. The molecule has 0 saturated heterocycles. The van der Waals surface area contributed by atoms with E-state index in [4.69, 9.17) is 0 Å². The second kappa shape index (κ2) is 22.4. The molecule has 500 valence electrons. The Labute approximate surface area is 635 Å². The summed E-state index contributed by atoms with van der Waals surface area (Å²) in [5, 5.41) is 0. The van der Waals surface area contributed by atoms with Gasteiger partial charge in [0.25, 0.3) is 0 Å². The van der Waals surface area contributed by atoms with E-state index in [1.165, 1.54) is 196 Å². The first-order chi connectivity index (χ1) is 54.2. The van der Waals surface area contributed by atoms with Crippen LogP contribution in [0.25, 0.3) is 44.5 Å². The Kier molecular flexibility index (Phi) is 12.2. The summed E-state index contributed by atoms with van der Waals surface area (Å²) in [4.78, 5) is 21.0. The number of fused-ring (bicyclic) bond motifs is 16. The number of anilines is 18. The lowest BCUT2D eigenvalue weighted by molar-refractivity contribution is 1.22. The lowest BCUT2D eigenvalue weighted by Crippen LogP contribution is -2.74. The van der Waals surface area contributed by atoms with Crippen molar-refractivity contribution in [2.24, 2.45) is 0 Å². The van der Waals surface area contributed by atoms with Crippen LogP contribution in [0.3, 0.4) is 0 Å². The quantitative estimate of drug-likeness (QED) is 0.152. The molecule has 16 aromatic carbocycles. The van der Waals surface area contributed by atoms with Crippen molar-refractivity contribution in [3.8, 4) is 44.5 Å². The van der Waals surface area contributed by atoms with Crippen molar-refractivity contribution in [1.82, 2.24) is 0 Å². The summed E-state index contributed by atoms with van der Waals surface area (Å²) < 4.78 is 0. The Hall–Kier alpha value is -13.8.